The molecule has 0 unspecified atom stereocenters. The Labute approximate surface area is 94.3 Å². The zero-order chi connectivity index (χ0) is 10.8. The first-order chi connectivity index (χ1) is 7.22. The molecule has 2 rings (SSSR count). The average molecular weight is 218 g/mol. The fourth-order valence-electron chi connectivity index (χ4n) is 1.51. The minimum Gasteiger partial charge on any atom is -0.295 e. The summed E-state index contributed by atoms with van der Waals surface area (Å²) in [5, 5.41) is 1.03. The van der Waals surface area contributed by atoms with Crippen molar-refractivity contribution < 1.29 is 0 Å². The average Bonchev–Trinajstić information content (AvgIpc) is 2.70. The van der Waals surface area contributed by atoms with Crippen LogP contribution >= 0.6 is 11.8 Å². The highest BCUT2D eigenvalue weighted by Gasteiger charge is 2.03. The molecule has 3 heteroatoms. The molecular weight excluding hydrogens is 204 g/mol. The monoisotopic (exact) mass is 218 g/mol. The van der Waals surface area contributed by atoms with Gasteiger partial charge in [0, 0.05) is 18.1 Å². The largest absolute Gasteiger partial charge is 0.295 e. The van der Waals surface area contributed by atoms with Crippen LogP contribution in [0.4, 0.5) is 0 Å². The lowest BCUT2D eigenvalue weighted by molar-refractivity contribution is 0.895. The number of aryl methyl sites for hydroxylation is 2. The molecule has 78 valence electrons. The Morgan fingerprint density at radius 2 is 2.00 bits per heavy atom. The van der Waals surface area contributed by atoms with Crippen molar-refractivity contribution in [3.63, 3.8) is 0 Å². The molecule has 1 aromatic heterocycles. The lowest BCUT2D eigenvalue weighted by Crippen LogP contribution is -1.95. The Bertz CT molecular complexity index is 474. The number of rotatable bonds is 2. The second kappa shape index (κ2) is 4.11. The molecule has 0 aliphatic heterocycles. The van der Waals surface area contributed by atoms with Crippen LogP contribution in [0.5, 0.6) is 0 Å². The summed E-state index contributed by atoms with van der Waals surface area (Å²) < 4.78 is 2.11. The van der Waals surface area contributed by atoms with Gasteiger partial charge >= 0.3 is 0 Å². The fraction of sp³-hybridized carbons (Fsp3) is 0.250. The molecule has 0 saturated carbocycles. The van der Waals surface area contributed by atoms with Crippen LogP contribution in [0.25, 0.3) is 5.69 Å². The molecule has 2 aromatic rings. The van der Waals surface area contributed by atoms with Gasteiger partial charge in [0.15, 0.2) is 5.16 Å². The number of thioether (sulfide) groups is 1. The second-order valence-corrected chi connectivity index (χ2v) is 4.33. The summed E-state index contributed by atoms with van der Waals surface area (Å²) in [6.07, 6.45) is 5.87. The Hall–Kier alpha value is -1.22. The standard InChI is InChI=1S/C12H14N2S/c1-9-4-5-11(8-10(9)2)14-7-6-13-12(14)15-3/h4-8H,1-3H3. The first kappa shape index (κ1) is 10.3. The molecule has 0 aliphatic carbocycles. The van der Waals surface area contributed by atoms with Crippen LogP contribution in [0, 0.1) is 13.8 Å². The van der Waals surface area contributed by atoms with Crippen molar-refractivity contribution in [2.75, 3.05) is 6.26 Å². The van der Waals surface area contributed by atoms with E-state index in [1.165, 1.54) is 16.8 Å². The topological polar surface area (TPSA) is 17.8 Å². The van der Waals surface area contributed by atoms with Crippen molar-refractivity contribution in [2.24, 2.45) is 0 Å². The van der Waals surface area contributed by atoms with Gasteiger partial charge in [-0.3, -0.25) is 4.57 Å². The molecule has 0 aliphatic rings. The van der Waals surface area contributed by atoms with Crippen LogP contribution in [-0.2, 0) is 0 Å². The number of hydrogen-bond donors (Lipinski definition) is 0. The van der Waals surface area contributed by atoms with Gasteiger partial charge in [-0.15, -0.1) is 0 Å². The quantitative estimate of drug-likeness (QED) is 0.720. The predicted octanol–water partition coefficient (Wildman–Crippen LogP) is 3.21. The highest BCUT2D eigenvalue weighted by molar-refractivity contribution is 7.98. The summed E-state index contributed by atoms with van der Waals surface area (Å²) in [5.74, 6) is 0. The molecule has 0 spiro atoms. The van der Waals surface area contributed by atoms with Gasteiger partial charge in [-0.1, -0.05) is 17.8 Å². The van der Waals surface area contributed by atoms with Gasteiger partial charge < -0.3 is 0 Å². The first-order valence-corrected chi connectivity index (χ1v) is 6.10. The normalized spacial score (nSPS) is 10.6. The van der Waals surface area contributed by atoms with E-state index in [4.69, 9.17) is 0 Å². The number of benzene rings is 1. The summed E-state index contributed by atoms with van der Waals surface area (Å²) in [5.41, 5.74) is 3.82. The van der Waals surface area contributed by atoms with Crippen molar-refractivity contribution in [2.45, 2.75) is 19.0 Å². The number of imidazole rings is 1. The molecule has 0 atom stereocenters. The summed E-state index contributed by atoms with van der Waals surface area (Å²) in [6.45, 7) is 4.26. The third kappa shape index (κ3) is 1.92. The molecule has 0 bridgehead atoms. The Morgan fingerprint density at radius 3 is 2.67 bits per heavy atom. The Kier molecular flexibility index (Phi) is 2.82. The van der Waals surface area contributed by atoms with E-state index in [0.717, 1.165) is 5.16 Å². The Balaban J connectivity index is 2.50. The summed E-state index contributed by atoms with van der Waals surface area (Å²) >= 11 is 1.66. The van der Waals surface area contributed by atoms with Crippen molar-refractivity contribution in [3.8, 4) is 5.69 Å². The van der Waals surface area contributed by atoms with E-state index >= 15 is 0 Å². The van der Waals surface area contributed by atoms with E-state index < -0.39 is 0 Å². The zero-order valence-electron chi connectivity index (χ0n) is 9.19. The van der Waals surface area contributed by atoms with E-state index in [-0.39, 0.29) is 0 Å². The van der Waals surface area contributed by atoms with E-state index in [9.17, 15) is 0 Å². The predicted molar refractivity (Wildman–Crippen MR) is 64.8 cm³/mol. The van der Waals surface area contributed by atoms with Gasteiger partial charge in [0.05, 0.1) is 0 Å². The third-order valence-corrected chi connectivity index (χ3v) is 3.23. The first-order valence-electron chi connectivity index (χ1n) is 4.87. The zero-order valence-corrected chi connectivity index (χ0v) is 10.0. The Morgan fingerprint density at radius 1 is 1.20 bits per heavy atom. The second-order valence-electron chi connectivity index (χ2n) is 3.55. The minimum absolute atomic E-state index is 1.03. The van der Waals surface area contributed by atoms with Crippen molar-refractivity contribution in [1.82, 2.24) is 9.55 Å². The van der Waals surface area contributed by atoms with Crippen LogP contribution < -0.4 is 0 Å². The maximum absolute atomic E-state index is 4.29. The lowest BCUT2D eigenvalue weighted by Gasteiger charge is -2.08. The van der Waals surface area contributed by atoms with Gasteiger partial charge in [-0.05, 0) is 43.4 Å². The van der Waals surface area contributed by atoms with Gasteiger partial charge in [-0.25, -0.2) is 4.98 Å². The van der Waals surface area contributed by atoms with Crippen molar-refractivity contribution >= 4 is 11.8 Å². The summed E-state index contributed by atoms with van der Waals surface area (Å²) in [7, 11) is 0. The molecule has 0 amide bonds. The van der Waals surface area contributed by atoms with Crippen LogP contribution in [-0.4, -0.2) is 15.8 Å². The van der Waals surface area contributed by atoms with Gasteiger partial charge in [0.25, 0.3) is 0 Å². The smallest absolute Gasteiger partial charge is 0.172 e. The van der Waals surface area contributed by atoms with Crippen molar-refractivity contribution in [1.29, 1.82) is 0 Å². The fourth-order valence-corrected chi connectivity index (χ4v) is 2.04. The molecule has 0 N–H and O–H groups in total. The molecule has 1 heterocycles. The van der Waals surface area contributed by atoms with Crippen LogP contribution in [0.15, 0.2) is 35.7 Å². The van der Waals surface area contributed by atoms with E-state index in [2.05, 4.69) is 41.6 Å². The number of nitrogens with zero attached hydrogens (tertiary/aromatic N) is 2. The van der Waals surface area contributed by atoms with E-state index in [0.29, 0.717) is 0 Å². The highest BCUT2D eigenvalue weighted by atomic mass is 32.2. The van der Waals surface area contributed by atoms with Crippen LogP contribution in [0.3, 0.4) is 0 Å². The maximum Gasteiger partial charge on any atom is 0.172 e. The molecule has 15 heavy (non-hydrogen) atoms. The molecular formula is C12H14N2S. The van der Waals surface area contributed by atoms with E-state index in [1.807, 2.05) is 18.6 Å². The third-order valence-electron chi connectivity index (χ3n) is 2.56. The molecule has 1 aromatic carbocycles. The number of aromatic nitrogens is 2. The van der Waals surface area contributed by atoms with Gasteiger partial charge in [0.2, 0.25) is 0 Å². The van der Waals surface area contributed by atoms with Crippen LogP contribution in [0.2, 0.25) is 0 Å². The van der Waals surface area contributed by atoms with Gasteiger partial charge in [-0.2, -0.15) is 0 Å². The summed E-state index contributed by atoms with van der Waals surface area (Å²) in [6, 6.07) is 6.47. The molecule has 0 fully saturated rings. The molecule has 0 saturated heterocycles. The van der Waals surface area contributed by atoms with Gasteiger partial charge in [0.1, 0.15) is 0 Å². The minimum atomic E-state index is 1.03. The highest BCUT2D eigenvalue weighted by Crippen LogP contribution is 2.19. The lowest BCUT2D eigenvalue weighted by atomic mass is 10.1. The SMILES string of the molecule is CSc1nccn1-c1ccc(C)c(C)c1. The summed E-state index contributed by atoms with van der Waals surface area (Å²) in [4.78, 5) is 4.29. The van der Waals surface area contributed by atoms with Crippen LogP contribution in [0.1, 0.15) is 11.1 Å². The molecule has 0 radical (unpaired) electrons. The molecule has 2 nitrogen and oxygen atoms in total. The van der Waals surface area contributed by atoms with E-state index in [1.54, 1.807) is 11.8 Å². The van der Waals surface area contributed by atoms with Crippen molar-refractivity contribution in [3.05, 3.63) is 41.7 Å². The number of hydrogen-bond acceptors (Lipinski definition) is 2. The maximum atomic E-state index is 4.29.